The standard InChI is InChI=1S/C17H25N3O3/c1-3-8-18-17(22)20-11-9-19(10-12-20)16(21)13-23-15-7-5-4-6-14(15)2/h4-7H,3,8-13H2,1-2H3,(H,18,22). The van der Waals surface area contributed by atoms with Crippen molar-refractivity contribution in [3.8, 4) is 5.75 Å². The molecule has 0 radical (unpaired) electrons. The van der Waals surface area contributed by atoms with E-state index < -0.39 is 0 Å². The molecule has 6 nitrogen and oxygen atoms in total. The van der Waals surface area contributed by atoms with Crippen LogP contribution < -0.4 is 10.1 Å². The summed E-state index contributed by atoms with van der Waals surface area (Å²) in [4.78, 5) is 27.6. The van der Waals surface area contributed by atoms with E-state index in [1.54, 1.807) is 9.80 Å². The van der Waals surface area contributed by atoms with Crippen LogP contribution in [0.1, 0.15) is 18.9 Å². The van der Waals surface area contributed by atoms with Crippen molar-refractivity contribution >= 4 is 11.9 Å². The molecule has 1 aliphatic rings. The Bertz CT molecular complexity index is 540. The Morgan fingerprint density at radius 3 is 2.43 bits per heavy atom. The van der Waals surface area contributed by atoms with E-state index in [9.17, 15) is 9.59 Å². The number of amides is 3. The molecule has 0 spiro atoms. The van der Waals surface area contributed by atoms with Crippen molar-refractivity contribution in [1.29, 1.82) is 0 Å². The number of carbonyl (C=O) groups is 2. The second-order valence-electron chi connectivity index (χ2n) is 5.65. The van der Waals surface area contributed by atoms with Crippen LogP contribution in [0.2, 0.25) is 0 Å². The summed E-state index contributed by atoms with van der Waals surface area (Å²) in [6.07, 6.45) is 0.917. The lowest BCUT2D eigenvalue weighted by molar-refractivity contribution is -0.134. The number of nitrogens with zero attached hydrogens (tertiary/aromatic N) is 2. The maximum Gasteiger partial charge on any atom is 0.317 e. The molecular weight excluding hydrogens is 294 g/mol. The summed E-state index contributed by atoms with van der Waals surface area (Å²) in [5.41, 5.74) is 1.01. The lowest BCUT2D eigenvalue weighted by Crippen LogP contribution is -2.54. The number of carbonyl (C=O) groups excluding carboxylic acids is 2. The van der Waals surface area contributed by atoms with E-state index in [0.29, 0.717) is 32.7 Å². The minimum atomic E-state index is -0.0462. The van der Waals surface area contributed by atoms with Crippen LogP contribution in [0.3, 0.4) is 0 Å². The van der Waals surface area contributed by atoms with Crippen LogP contribution in [0.25, 0.3) is 0 Å². The van der Waals surface area contributed by atoms with Crippen LogP contribution in [0.4, 0.5) is 4.79 Å². The lowest BCUT2D eigenvalue weighted by atomic mass is 10.2. The van der Waals surface area contributed by atoms with Gasteiger partial charge in [0.25, 0.3) is 5.91 Å². The molecule has 1 aliphatic heterocycles. The van der Waals surface area contributed by atoms with Crippen molar-refractivity contribution in [2.45, 2.75) is 20.3 Å². The smallest absolute Gasteiger partial charge is 0.317 e. The number of benzene rings is 1. The second-order valence-corrected chi connectivity index (χ2v) is 5.65. The predicted octanol–water partition coefficient (Wildman–Crippen LogP) is 1.64. The molecule has 1 heterocycles. The highest BCUT2D eigenvalue weighted by Crippen LogP contribution is 2.16. The summed E-state index contributed by atoms with van der Waals surface area (Å²) < 4.78 is 5.60. The van der Waals surface area contributed by atoms with Gasteiger partial charge in [-0.1, -0.05) is 25.1 Å². The highest BCUT2D eigenvalue weighted by atomic mass is 16.5. The molecule has 0 atom stereocenters. The second kappa shape index (κ2) is 8.41. The molecule has 23 heavy (non-hydrogen) atoms. The normalized spacial score (nSPS) is 14.5. The molecule has 6 heteroatoms. The fourth-order valence-electron chi connectivity index (χ4n) is 2.45. The van der Waals surface area contributed by atoms with Crippen LogP contribution in [0.5, 0.6) is 5.75 Å². The van der Waals surface area contributed by atoms with Gasteiger partial charge < -0.3 is 19.9 Å². The van der Waals surface area contributed by atoms with Crippen molar-refractivity contribution in [1.82, 2.24) is 15.1 Å². The molecule has 1 saturated heterocycles. The summed E-state index contributed by atoms with van der Waals surface area (Å²) in [5.74, 6) is 0.695. The van der Waals surface area contributed by atoms with Crippen molar-refractivity contribution in [2.75, 3.05) is 39.3 Å². The van der Waals surface area contributed by atoms with Gasteiger partial charge in [-0.3, -0.25) is 4.79 Å². The quantitative estimate of drug-likeness (QED) is 0.897. The van der Waals surface area contributed by atoms with Crippen molar-refractivity contribution in [3.05, 3.63) is 29.8 Å². The zero-order valence-corrected chi connectivity index (χ0v) is 13.9. The molecule has 0 aliphatic carbocycles. The number of hydrogen-bond donors (Lipinski definition) is 1. The summed E-state index contributed by atoms with van der Waals surface area (Å²) in [6.45, 7) is 6.91. The largest absolute Gasteiger partial charge is 0.484 e. The highest BCUT2D eigenvalue weighted by Gasteiger charge is 2.24. The first-order valence-electron chi connectivity index (χ1n) is 8.10. The fourth-order valence-corrected chi connectivity index (χ4v) is 2.45. The summed E-state index contributed by atoms with van der Waals surface area (Å²) in [6, 6.07) is 7.59. The van der Waals surface area contributed by atoms with E-state index in [0.717, 1.165) is 17.7 Å². The van der Waals surface area contributed by atoms with Gasteiger partial charge in [0.15, 0.2) is 6.61 Å². The zero-order valence-electron chi connectivity index (χ0n) is 13.9. The van der Waals surface area contributed by atoms with E-state index >= 15 is 0 Å². The number of hydrogen-bond acceptors (Lipinski definition) is 3. The van der Waals surface area contributed by atoms with E-state index in [-0.39, 0.29) is 18.5 Å². The van der Waals surface area contributed by atoms with Gasteiger partial charge in [-0.25, -0.2) is 4.79 Å². The summed E-state index contributed by atoms with van der Waals surface area (Å²) >= 11 is 0. The van der Waals surface area contributed by atoms with E-state index in [1.807, 2.05) is 38.1 Å². The number of ether oxygens (including phenoxy) is 1. The third-order valence-corrected chi connectivity index (χ3v) is 3.89. The maximum atomic E-state index is 12.2. The molecular formula is C17H25N3O3. The molecule has 0 saturated carbocycles. The molecule has 1 fully saturated rings. The van der Waals surface area contributed by atoms with Gasteiger partial charge in [-0.2, -0.15) is 0 Å². The maximum absolute atomic E-state index is 12.2. The average molecular weight is 319 g/mol. The Morgan fingerprint density at radius 1 is 1.13 bits per heavy atom. The molecule has 2 rings (SSSR count). The van der Waals surface area contributed by atoms with Crippen LogP contribution in [-0.2, 0) is 4.79 Å². The van der Waals surface area contributed by atoms with E-state index in [4.69, 9.17) is 4.74 Å². The monoisotopic (exact) mass is 319 g/mol. The predicted molar refractivity (Wildman–Crippen MR) is 88.5 cm³/mol. The lowest BCUT2D eigenvalue weighted by Gasteiger charge is -2.34. The molecule has 1 N–H and O–H groups in total. The average Bonchev–Trinajstić information content (AvgIpc) is 2.59. The SMILES string of the molecule is CCCNC(=O)N1CCN(C(=O)COc2ccccc2C)CC1. The molecule has 0 unspecified atom stereocenters. The Labute approximate surface area is 137 Å². The number of para-hydroxylation sites is 1. The topological polar surface area (TPSA) is 61.9 Å². The Morgan fingerprint density at radius 2 is 1.78 bits per heavy atom. The Balaban J connectivity index is 1.75. The molecule has 3 amide bonds. The van der Waals surface area contributed by atoms with E-state index in [1.165, 1.54) is 0 Å². The first-order chi connectivity index (χ1) is 11.1. The zero-order chi connectivity index (χ0) is 16.7. The number of piperazine rings is 1. The number of aryl methyl sites for hydroxylation is 1. The van der Waals surface area contributed by atoms with Crippen LogP contribution in [-0.4, -0.2) is 61.1 Å². The van der Waals surface area contributed by atoms with E-state index in [2.05, 4.69) is 5.32 Å². The molecule has 126 valence electrons. The van der Waals surface area contributed by atoms with Crippen molar-refractivity contribution in [2.24, 2.45) is 0 Å². The molecule has 0 bridgehead atoms. The number of nitrogens with one attached hydrogen (secondary N) is 1. The third kappa shape index (κ3) is 4.87. The van der Waals surface area contributed by atoms with Crippen LogP contribution in [0.15, 0.2) is 24.3 Å². The molecule has 0 aromatic heterocycles. The third-order valence-electron chi connectivity index (χ3n) is 3.89. The Kier molecular flexibility index (Phi) is 6.26. The van der Waals surface area contributed by atoms with Crippen LogP contribution >= 0.6 is 0 Å². The van der Waals surface area contributed by atoms with Gasteiger partial charge in [0.1, 0.15) is 5.75 Å². The van der Waals surface area contributed by atoms with Gasteiger partial charge in [0.05, 0.1) is 0 Å². The van der Waals surface area contributed by atoms with Gasteiger partial charge in [0.2, 0.25) is 0 Å². The molecule has 1 aromatic rings. The molecule has 1 aromatic carbocycles. The summed E-state index contributed by atoms with van der Waals surface area (Å²) in [5, 5.41) is 2.86. The first-order valence-corrected chi connectivity index (χ1v) is 8.10. The van der Waals surface area contributed by atoms with Crippen molar-refractivity contribution < 1.29 is 14.3 Å². The van der Waals surface area contributed by atoms with Crippen LogP contribution in [0, 0.1) is 6.92 Å². The van der Waals surface area contributed by atoms with Gasteiger partial charge in [0, 0.05) is 32.7 Å². The summed E-state index contributed by atoms with van der Waals surface area (Å²) in [7, 11) is 0. The van der Waals surface area contributed by atoms with Gasteiger partial charge >= 0.3 is 6.03 Å². The van der Waals surface area contributed by atoms with Crippen molar-refractivity contribution in [3.63, 3.8) is 0 Å². The number of rotatable bonds is 5. The fraction of sp³-hybridized carbons (Fsp3) is 0.529. The highest BCUT2D eigenvalue weighted by molar-refractivity contribution is 5.79. The minimum absolute atomic E-state index is 0.0346. The first kappa shape index (κ1) is 17.1. The number of urea groups is 1. The van der Waals surface area contributed by atoms with Gasteiger partial charge in [-0.05, 0) is 25.0 Å². The van der Waals surface area contributed by atoms with Gasteiger partial charge in [-0.15, -0.1) is 0 Å². The Hall–Kier alpha value is -2.24. The minimum Gasteiger partial charge on any atom is -0.484 e.